The number of aromatic hydroxyl groups is 1. The number of hydrogen-bond acceptors (Lipinski definition) is 10. The Balaban J connectivity index is 1.92. The van der Waals surface area contributed by atoms with Crippen molar-refractivity contribution in [2.45, 2.75) is 50.4 Å². The lowest BCUT2D eigenvalue weighted by Crippen LogP contribution is -2.72. The highest BCUT2D eigenvalue weighted by molar-refractivity contribution is 6.32. The van der Waals surface area contributed by atoms with Gasteiger partial charge in [0.25, 0.3) is 0 Å². The van der Waals surface area contributed by atoms with Crippen molar-refractivity contribution in [3.8, 4) is 11.5 Å². The van der Waals surface area contributed by atoms with Crippen molar-refractivity contribution < 1.29 is 48.7 Å². The summed E-state index contributed by atoms with van der Waals surface area (Å²) in [5.74, 6) is -7.09. The number of hydrogen-bond donors (Lipinski definition) is 3. The maximum absolute atomic E-state index is 14.9. The Labute approximate surface area is 252 Å². The zero-order chi connectivity index (χ0) is 32.1. The van der Waals surface area contributed by atoms with Crippen LogP contribution in [-0.4, -0.2) is 69.8 Å². The third kappa shape index (κ3) is 3.38. The minimum atomic E-state index is -2.51. The molecule has 3 N–H and O–H groups in total. The number of carbonyl (C=O) groups excluding carboxylic acids is 4. The van der Waals surface area contributed by atoms with Gasteiger partial charge in [0.05, 0.1) is 25.7 Å². The van der Waals surface area contributed by atoms with Crippen molar-refractivity contribution in [1.29, 1.82) is 0 Å². The maximum atomic E-state index is 14.9. The number of esters is 2. The minimum Gasteiger partial charge on any atom is -0.506 e. The van der Waals surface area contributed by atoms with Crippen molar-refractivity contribution in [3.05, 3.63) is 82.4 Å². The Morgan fingerprint density at radius 2 is 1.48 bits per heavy atom. The molecule has 2 aliphatic carbocycles. The van der Waals surface area contributed by atoms with E-state index in [4.69, 9.17) is 14.2 Å². The van der Waals surface area contributed by atoms with Crippen LogP contribution in [0.4, 0.5) is 0 Å². The quantitative estimate of drug-likeness (QED) is 0.297. The molecule has 0 unspecified atom stereocenters. The van der Waals surface area contributed by atoms with Gasteiger partial charge in [0.15, 0.2) is 22.6 Å². The fourth-order valence-electron chi connectivity index (χ4n) is 7.72. The Morgan fingerprint density at radius 3 is 2.05 bits per heavy atom. The van der Waals surface area contributed by atoms with Crippen LogP contribution in [0.5, 0.6) is 11.5 Å². The van der Waals surface area contributed by atoms with Crippen LogP contribution in [0.25, 0.3) is 10.8 Å². The number of rotatable bonds is 4. The third-order valence-electron chi connectivity index (χ3n) is 9.45. The number of phenolic OH excluding ortho intramolecular Hbond substituents is 1. The Morgan fingerprint density at radius 1 is 0.886 bits per heavy atom. The smallest absolute Gasteiger partial charge is 0.342 e. The standard InChI is InChI=1S/C34H32O10/c1-31(2,40)21-15-20-24(35)17-12-8-10-14-19(17)28(37)33(20,30(39)43-6)27-23-22(29(38)42-5)25(36)16-11-7-9-13-18(16)26(23)44-34(21,27)32(3,4)41/h7-15,21,27,36,40-41H,1-6H3/t21-,27-,33+,34+/m0/s1. The summed E-state index contributed by atoms with van der Waals surface area (Å²) in [7, 11) is 2.17. The van der Waals surface area contributed by atoms with Crippen LogP contribution in [0.2, 0.25) is 0 Å². The molecule has 4 atom stereocenters. The summed E-state index contributed by atoms with van der Waals surface area (Å²) in [6, 6.07) is 12.5. The second-order valence-electron chi connectivity index (χ2n) is 12.6. The van der Waals surface area contributed by atoms with E-state index < -0.39 is 68.9 Å². The van der Waals surface area contributed by atoms with Gasteiger partial charge in [-0.25, -0.2) is 4.79 Å². The fourth-order valence-corrected chi connectivity index (χ4v) is 7.72. The van der Waals surface area contributed by atoms with Crippen molar-refractivity contribution in [3.63, 3.8) is 0 Å². The number of ether oxygens (including phenoxy) is 3. The molecule has 10 heteroatoms. The number of aliphatic hydroxyl groups is 2. The molecule has 0 aromatic heterocycles. The number of phenols is 1. The molecule has 1 aliphatic heterocycles. The summed E-state index contributed by atoms with van der Waals surface area (Å²) < 4.78 is 17.2. The van der Waals surface area contributed by atoms with Crippen LogP contribution in [0, 0.1) is 11.3 Å². The lowest BCUT2D eigenvalue weighted by atomic mass is 9.45. The molecule has 0 saturated carbocycles. The molecular weight excluding hydrogens is 568 g/mol. The molecule has 1 heterocycles. The van der Waals surface area contributed by atoms with Crippen LogP contribution < -0.4 is 4.74 Å². The highest BCUT2D eigenvalue weighted by Gasteiger charge is 2.78. The molecule has 3 aromatic rings. The molecule has 3 aliphatic rings. The second-order valence-corrected chi connectivity index (χ2v) is 12.6. The van der Waals surface area contributed by atoms with Crippen LogP contribution in [0.3, 0.4) is 0 Å². The number of fused-ring (bicyclic) bond motifs is 8. The zero-order valence-electron chi connectivity index (χ0n) is 25.1. The Hall–Kier alpha value is -4.54. The number of benzene rings is 3. The second kappa shape index (κ2) is 9.23. The van der Waals surface area contributed by atoms with Crippen LogP contribution in [0.15, 0.2) is 60.2 Å². The van der Waals surface area contributed by atoms with E-state index in [0.717, 1.165) is 14.2 Å². The molecular formula is C34H32O10. The van der Waals surface area contributed by atoms with E-state index in [1.165, 1.54) is 45.9 Å². The summed E-state index contributed by atoms with van der Waals surface area (Å²) in [5.41, 5.74) is -9.15. The van der Waals surface area contributed by atoms with E-state index in [1.54, 1.807) is 36.4 Å². The molecule has 3 aromatic carbocycles. The third-order valence-corrected chi connectivity index (χ3v) is 9.45. The van der Waals surface area contributed by atoms with E-state index >= 15 is 0 Å². The number of Topliss-reactive ketones (excluding diaryl/α,β-unsaturated/α-hetero) is 2. The molecule has 44 heavy (non-hydrogen) atoms. The first-order chi connectivity index (χ1) is 20.6. The summed E-state index contributed by atoms with van der Waals surface area (Å²) in [6.45, 7) is 5.71. The first kappa shape index (κ1) is 29.5. The molecule has 0 spiro atoms. The maximum Gasteiger partial charge on any atom is 0.342 e. The monoisotopic (exact) mass is 600 g/mol. The van der Waals surface area contributed by atoms with Gasteiger partial charge >= 0.3 is 11.9 Å². The van der Waals surface area contributed by atoms with E-state index in [9.17, 15) is 34.5 Å². The van der Waals surface area contributed by atoms with Gasteiger partial charge in [-0.3, -0.25) is 14.4 Å². The van der Waals surface area contributed by atoms with E-state index in [1.807, 2.05) is 0 Å². The normalized spacial score (nSPS) is 25.7. The summed E-state index contributed by atoms with van der Waals surface area (Å²) in [6.07, 6.45) is 1.33. The highest BCUT2D eigenvalue weighted by Crippen LogP contribution is 2.70. The van der Waals surface area contributed by atoms with Gasteiger partial charge in [-0.2, -0.15) is 0 Å². The van der Waals surface area contributed by atoms with Crippen LogP contribution in [-0.2, 0) is 14.3 Å². The van der Waals surface area contributed by atoms with Crippen molar-refractivity contribution >= 4 is 34.3 Å². The predicted octanol–water partition coefficient (Wildman–Crippen LogP) is 3.88. The minimum absolute atomic E-state index is 0.0165. The average molecular weight is 601 g/mol. The number of carbonyl (C=O) groups is 4. The molecule has 228 valence electrons. The Bertz CT molecular complexity index is 1840. The van der Waals surface area contributed by atoms with Crippen molar-refractivity contribution in [2.75, 3.05) is 14.2 Å². The lowest BCUT2D eigenvalue weighted by Gasteiger charge is -2.58. The highest BCUT2D eigenvalue weighted by atomic mass is 16.5. The first-order valence-corrected chi connectivity index (χ1v) is 14.1. The predicted molar refractivity (Wildman–Crippen MR) is 157 cm³/mol. The number of methoxy groups -OCH3 is 2. The van der Waals surface area contributed by atoms with Gasteiger partial charge in [-0.05, 0) is 27.7 Å². The summed E-state index contributed by atoms with van der Waals surface area (Å²) in [5, 5.41) is 36.0. The topological polar surface area (TPSA) is 157 Å². The summed E-state index contributed by atoms with van der Waals surface area (Å²) in [4.78, 5) is 57.2. The lowest BCUT2D eigenvalue weighted by molar-refractivity contribution is -0.194. The van der Waals surface area contributed by atoms with Crippen LogP contribution in [0.1, 0.15) is 70.3 Å². The van der Waals surface area contributed by atoms with E-state index in [0.29, 0.717) is 5.39 Å². The van der Waals surface area contributed by atoms with Gasteiger partial charge in [0.1, 0.15) is 22.7 Å². The van der Waals surface area contributed by atoms with Crippen molar-refractivity contribution in [1.82, 2.24) is 0 Å². The number of ketones is 2. The van der Waals surface area contributed by atoms with Gasteiger partial charge in [-0.15, -0.1) is 0 Å². The molecule has 0 fully saturated rings. The largest absolute Gasteiger partial charge is 0.506 e. The van der Waals surface area contributed by atoms with Gasteiger partial charge in [-0.1, -0.05) is 54.6 Å². The van der Waals surface area contributed by atoms with Crippen molar-refractivity contribution in [2.24, 2.45) is 11.3 Å². The van der Waals surface area contributed by atoms with Crippen LogP contribution >= 0.6 is 0 Å². The molecule has 6 rings (SSSR count). The van der Waals surface area contributed by atoms with Gasteiger partial charge in [0, 0.05) is 39.0 Å². The zero-order valence-corrected chi connectivity index (χ0v) is 25.1. The fraction of sp³-hybridized carbons (Fsp3) is 0.353. The van der Waals surface area contributed by atoms with Gasteiger partial charge < -0.3 is 29.5 Å². The first-order valence-electron chi connectivity index (χ1n) is 14.1. The molecule has 0 saturated heterocycles. The van der Waals surface area contributed by atoms with Gasteiger partial charge in [0.2, 0.25) is 0 Å². The molecule has 0 bridgehead atoms. The molecule has 0 amide bonds. The molecule has 0 radical (unpaired) electrons. The average Bonchev–Trinajstić information content (AvgIpc) is 3.36. The van der Waals surface area contributed by atoms with E-state index in [-0.39, 0.29) is 33.4 Å². The molecule has 10 nitrogen and oxygen atoms in total. The van der Waals surface area contributed by atoms with E-state index in [2.05, 4.69) is 0 Å². The summed E-state index contributed by atoms with van der Waals surface area (Å²) >= 11 is 0. The SMILES string of the molecule is COC(=O)c1c2c(c3ccccc3c1O)O[C@]1(C(C)(C)O)[C@H](C(C)(C)O)C=C3C(=O)c4ccccc4C(=O)[C@]3(C(=O)OC)[C@H]21. The Kier molecular flexibility index (Phi) is 6.20.